The summed E-state index contributed by atoms with van der Waals surface area (Å²) in [5, 5.41) is 46.7. The smallest absolute Gasteiger partial charge is 0.331 e. The van der Waals surface area contributed by atoms with Gasteiger partial charge in [0.15, 0.2) is 17.7 Å². The van der Waals surface area contributed by atoms with Crippen LogP contribution in [-0.2, 0) is 52.3 Å². The molecular weight excluding hydrogens is 732 g/mol. The molecule has 15 nitrogen and oxygen atoms in total. The molecule has 15 heteroatoms. The Morgan fingerprint density at radius 3 is 2.30 bits per heavy atom. The zero-order chi connectivity index (χ0) is 41.6. The maximum absolute atomic E-state index is 13.3. The van der Waals surface area contributed by atoms with E-state index in [1.807, 2.05) is 0 Å². The van der Waals surface area contributed by atoms with Crippen LogP contribution in [0.3, 0.4) is 0 Å². The van der Waals surface area contributed by atoms with Crippen molar-refractivity contribution in [2.75, 3.05) is 7.11 Å². The number of carbonyl (C=O) groups excluding carboxylic acids is 4. The first-order valence-corrected chi connectivity index (χ1v) is 19.4. The molecular formula is C41H60O15. The minimum atomic E-state index is -2.01. The predicted octanol–water partition coefficient (Wildman–Crippen LogP) is 3.23. The number of rotatable bonds is 3. The first kappa shape index (κ1) is 43.9. The number of aliphatic hydroxyl groups is 4. The van der Waals surface area contributed by atoms with Crippen molar-refractivity contribution >= 4 is 23.9 Å². The second kappa shape index (κ2) is 16.2. The molecule has 56 heavy (non-hydrogen) atoms. The van der Waals surface area contributed by atoms with Gasteiger partial charge in [-0.05, 0) is 46.1 Å². The summed E-state index contributed by atoms with van der Waals surface area (Å²) in [6.07, 6.45) is -3.16. The van der Waals surface area contributed by atoms with E-state index in [4.69, 9.17) is 33.2 Å². The lowest BCUT2D eigenvalue weighted by Crippen LogP contribution is -2.62. The third-order valence-electron chi connectivity index (χ3n) is 11.9. The highest BCUT2D eigenvalue weighted by Crippen LogP contribution is 2.50. The lowest BCUT2D eigenvalue weighted by Gasteiger charge is -2.54. The van der Waals surface area contributed by atoms with Gasteiger partial charge < -0.3 is 53.6 Å². The standard InChI is InChI=1S/C41H60O15/c1-22(42)29-19-30-35-24(15-33(45)54-35)20-40(48,56-30)38(5,6)11-10-26-12-23(14-32(44)50-9)13-28(51-26)21-41(49)39(7,8)31(53-36(47)37(2,3)4)18-27(55-41)16-25(43)17-34(46)52-29/h10-11,14-15,22,25-31,35,42-43,48-49H,12-13,16-21H2,1-9H3/b11-10-,23-14+/t22-,25-,26+,27-,28+,29-,30-,31+,35+,40-,41+/m1/s1. The molecule has 6 bridgehead atoms. The number of hydrogen-bond donors (Lipinski definition) is 4. The molecule has 11 atom stereocenters. The first-order valence-electron chi connectivity index (χ1n) is 19.4. The number of carbonyl (C=O) groups is 4. The number of fused-ring (bicyclic) bond motifs is 8. The molecule has 3 saturated heterocycles. The van der Waals surface area contributed by atoms with Crippen molar-refractivity contribution in [2.24, 2.45) is 16.2 Å². The van der Waals surface area contributed by atoms with Gasteiger partial charge in [0.05, 0.1) is 54.9 Å². The number of methoxy groups -OCH3 is 1. The second-order valence-electron chi connectivity index (χ2n) is 18.2. The number of aliphatic hydroxyl groups excluding tert-OH is 2. The molecule has 5 aliphatic heterocycles. The number of hydrogen-bond acceptors (Lipinski definition) is 15. The van der Waals surface area contributed by atoms with Crippen LogP contribution < -0.4 is 0 Å². The zero-order valence-electron chi connectivity index (χ0n) is 33.9. The quantitative estimate of drug-likeness (QED) is 0.140. The maximum atomic E-state index is 13.3. The number of esters is 4. The topological polar surface area (TPSA) is 214 Å². The van der Waals surface area contributed by atoms with Gasteiger partial charge in [-0.15, -0.1) is 0 Å². The van der Waals surface area contributed by atoms with Crippen LogP contribution in [0.2, 0.25) is 0 Å². The SMILES string of the molecule is COC(=O)/C=C1/C[C@H]2C[C@]3(O)O[C@H](C[C@@H](O)CC(=O)O[C@@H]([C@@H](C)O)C[C@H]4O[C@](O)(CC5=CC(=O)O[C@@H]54)C(C)(C)/C=C\[C@@H](C1)O2)C[C@H](OC(=O)C(C)(C)C)C3(C)C. The molecule has 3 fully saturated rings. The van der Waals surface area contributed by atoms with E-state index in [-0.39, 0.29) is 44.9 Å². The van der Waals surface area contributed by atoms with Gasteiger partial charge in [0.1, 0.15) is 18.3 Å². The van der Waals surface area contributed by atoms with E-state index in [0.717, 1.165) is 0 Å². The number of cyclic esters (lactones) is 1. The van der Waals surface area contributed by atoms with Crippen LogP contribution in [0.5, 0.6) is 0 Å². The summed E-state index contributed by atoms with van der Waals surface area (Å²) >= 11 is 0. The van der Waals surface area contributed by atoms with Crippen LogP contribution in [0.1, 0.15) is 107 Å². The monoisotopic (exact) mass is 792 g/mol. The van der Waals surface area contributed by atoms with Gasteiger partial charge in [-0.2, -0.15) is 0 Å². The Kier molecular flexibility index (Phi) is 12.7. The summed E-state index contributed by atoms with van der Waals surface area (Å²) in [4.78, 5) is 51.5. The predicted molar refractivity (Wildman–Crippen MR) is 197 cm³/mol. The Morgan fingerprint density at radius 2 is 1.66 bits per heavy atom. The Bertz CT molecular complexity index is 1600. The van der Waals surface area contributed by atoms with Gasteiger partial charge in [-0.1, -0.05) is 45.4 Å². The van der Waals surface area contributed by atoms with Crippen LogP contribution in [0, 0.1) is 16.2 Å². The molecule has 5 rings (SSSR count). The fraction of sp³-hybridized carbons (Fsp3) is 0.756. The highest BCUT2D eigenvalue weighted by molar-refractivity contribution is 5.86. The molecule has 5 aliphatic rings. The summed E-state index contributed by atoms with van der Waals surface area (Å²) in [6.45, 7) is 13.5. The van der Waals surface area contributed by atoms with E-state index in [2.05, 4.69) is 0 Å². The van der Waals surface area contributed by atoms with Crippen molar-refractivity contribution in [1.82, 2.24) is 0 Å². The van der Waals surface area contributed by atoms with Gasteiger partial charge >= 0.3 is 23.9 Å². The van der Waals surface area contributed by atoms with Gasteiger partial charge in [0, 0.05) is 49.7 Å². The lowest BCUT2D eigenvalue weighted by atomic mass is 9.70. The van der Waals surface area contributed by atoms with Crippen molar-refractivity contribution in [2.45, 2.75) is 173 Å². The molecule has 0 aromatic carbocycles. The maximum Gasteiger partial charge on any atom is 0.331 e. The summed E-state index contributed by atoms with van der Waals surface area (Å²) in [5.41, 5.74) is -2.08. The fourth-order valence-electron chi connectivity index (χ4n) is 8.04. The van der Waals surface area contributed by atoms with Crippen molar-refractivity contribution in [3.05, 3.63) is 35.5 Å². The Morgan fingerprint density at radius 1 is 0.964 bits per heavy atom. The Balaban J connectivity index is 1.57. The second-order valence-corrected chi connectivity index (χ2v) is 18.2. The summed E-state index contributed by atoms with van der Waals surface area (Å²) in [6, 6.07) is 0. The van der Waals surface area contributed by atoms with Crippen LogP contribution in [-0.4, -0.2) is 118 Å². The normalized spacial score (nSPS) is 39.5. The van der Waals surface area contributed by atoms with Gasteiger partial charge in [-0.25, -0.2) is 9.59 Å². The van der Waals surface area contributed by atoms with E-state index >= 15 is 0 Å². The van der Waals surface area contributed by atoms with E-state index < -0.39 is 113 Å². The summed E-state index contributed by atoms with van der Waals surface area (Å²) < 4.78 is 41.5. The highest BCUT2D eigenvalue weighted by Gasteiger charge is 2.59. The van der Waals surface area contributed by atoms with Crippen molar-refractivity contribution in [3.63, 3.8) is 0 Å². The summed E-state index contributed by atoms with van der Waals surface area (Å²) in [7, 11) is 1.27. The molecule has 0 unspecified atom stereocenters. The minimum absolute atomic E-state index is 0.0915. The molecule has 0 aromatic rings. The number of ether oxygens (including phenoxy) is 7. The van der Waals surface area contributed by atoms with E-state index in [9.17, 15) is 39.6 Å². The van der Waals surface area contributed by atoms with E-state index in [0.29, 0.717) is 11.1 Å². The molecule has 0 aliphatic carbocycles. The largest absolute Gasteiger partial charge is 0.466 e. The molecule has 5 heterocycles. The zero-order valence-corrected chi connectivity index (χ0v) is 33.9. The van der Waals surface area contributed by atoms with Crippen molar-refractivity contribution in [3.8, 4) is 0 Å². The third-order valence-corrected chi connectivity index (χ3v) is 11.9. The van der Waals surface area contributed by atoms with E-state index in [1.54, 1.807) is 60.6 Å². The molecule has 314 valence electrons. The molecule has 0 aromatic heterocycles. The van der Waals surface area contributed by atoms with E-state index in [1.165, 1.54) is 26.2 Å². The Labute approximate surface area is 328 Å². The average molecular weight is 793 g/mol. The average Bonchev–Trinajstić information content (AvgIpc) is 3.44. The van der Waals surface area contributed by atoms with Gasteiger partial charge in [-0.3, -0.25) is 9.59 Å². The third kappa shape index (κ3) is 9.57. The summed E-state index contributed by atoms with van der Waals surface area (Å²) in [5.74, 6) is -6.45. The highest BCUT2D eigenvalue weighted by atomic mass is 16.7. The van der Waals surface area contributed by atoms with Crippen LogP contribution >= 0.6 is 0 Å². The molecule has 4 N–H and O–H groups in total. The van der Waals surface area contributed by atoms with Crippen molar-refractivity contribution < 1.29 is 72.8 Å². The van der Waals surface area contributed by atoms with Crippen LogP contribution in [0.25, 0.3) is 0 Å². The van der Waals surface area contributed by atoms with Crippen LogP contribution in [0.4, 0.5) is 0 Å². The van der Waals surface area contributed by atoms with Gasteiger partial charge in [0.2, 0.25) is 0 Å². The molecule has 0 spiro atoms. The molecule has 0 amide bonds. The van der Waals surface area contributed by atoms with Crippen molar-refractivity contribution in [1.29, 1.82) is 0 Å². The minimum Gasteiger partial charge on any atom is -0.466 e. The van der Waals surface area contributed by atoms with Crippen LogP contribution in [0.15, 0.2) is 35.5 Å². The first-order chi connectivity index (χ1) is 25.8. The van der Waals surface area contributed by atoms with Gasteiger partial charge in [0.25, 0.3) is 0 Å². The molecule has 0 radical (unpaired) electrons. The Hall–Kier alpha value is -3.18. The lowest BCUT2D eigenvalue weighted by molar-refractivity contribution is -0.349. The fourth-order valence-corrected chi connectivity index (χ4v) is 8.04. The molecule has 0 saturated carbocycles.